The molecule has 1 unspecified atom stereocenters. The molecule has 0 bridgehead atoms. The highest BCUT2D eigenvalue weighted by atomic mass is 19.1. The number of hydrogen-bond donors (Lipinski definition) is 1. The third-order valence-electron chi connectivity index (χ3n) is 1.33. The highest BCUT2D eigenvalue weighted by Gasteiger charge is 2.22. The van der Waals surface area contributed by atoms with Gasteiger partial charge in [0.25, 0.3) is 0 Å². The minimum atomic E-state index is -0.240. The lowest BCUT2D eigenvalue weighted by atomic mass is 10.4. The van der Waals surface area contributed by atoms with E-state index in [1.807, 2.05) is 6.92 Å². The van der Waals surface area contributed by atoms with Crippen molar-refractivity contribution in [2.24, 2.45) is 0 Å². The quantitative estimate of drug-likeness (QED) is 0.583. The molecule has 48 valence electrons. The van der Waals surface area contributed by atoms with E-state index in [2.05, 4.69) is 5.32 Å². The maximum atomic E-state index is 11.7. The Morgan fingerprint density at radius 2 is 2.38 bits per heavy atom. The number of alkyl halides is 1. The fraction of sp³-hybridized carbons (Fsp3) is 1.00. The van der Waals surface area contributed by atoms with Crippen molar-refractivity contribution >= 4 is 0 Å². The molecule has 0 saturated heterocycles. The van der Waals surface area contributed by atoms with Crippen LogP contribution in [-0.4, -0.2) is 18.8 Å². The first-order valence-electron chi connectivity index (χ1n) is 3.15. The molecule has 1 aliphatic carbocycles. The average molecular weight is 117 g/mol. The molecule has 1 N–H and O–H groups in total. The molecule has 1 aliphatic rings. The highest BCUT2D eigenvalue weighted by Crippen LogP contribution is 2.19. The van der Waals surface area contributed by atoms with E-state index in [1.165, 1.54) is 12.8 Å². The van der Waals surface area contributed by atoms with Gasteiger partial charge >= 0.3 is 0 Å². The topological polar surface area (TPSA) is 12.0 Å². The lowest BCUT2D eigenvalue weighted by molar-refractivity contribution is 0.391. The molecule has 0 radical (unpaired) electrons. The zero-order valence-corrected chi connectivity index (χ0v) is 5.15. The summed E-state index contributed by atoms with van der Waals surface area (Å²) in [7, 11) is 0. The van der Waals surface area contributed by atoms with Crippen molar-refractivity contribution in [1.29, 1.82) is 0 Å². The van der Waals surface area contributed by atoms with Crippen molar-refractivity contribution in [2.45, 2.75) is 31.8 Å². The summed E-state index contributed by atoms with van der Waals surface area (Å²) in [4.78, 5) is 0. The van der Waals surface area contributed by atoms with Crippen molar-refractivity contribution < 1.29 is 4.39 Å². The van der Waals surface area contributed by atoms with E-state index in [9.17, 15) is 4.39 Å². The van der Waals surface area contributed by atoms with Gasteiger partial charge in [-0.25, -0.2) is 4.39 Å². The fourth-order valence-electron chi connectivity index (χ4n) is 0.697. The Kier molecular flexibility index (Phi) is 1.84. The van der Waals surface area contributed by atoms with Gasteiger partial charge in [-0.05, 0) is 19.8 Å². The average Bonchev–Trinajstić information content (AvgIpc) is 2.50. The van der Waals surface area contributed by atoms with Crippen LogP contribution >= 0.6 is 0 Å². The number of halogens is 1. The Morgan fingerprint density at radius 3 is 2.75 bits per heavy atom. The third-order valence-corrected chi connectivity index (χ3v) is 1.33. The molecule has 1 fully saturated rings. The van der Waals surface area contributed by atoms with Crippen LogP contribution in [0.2, 0.25) is 0 Å². The van der Waals surface area contributed by atoms with E-state index in [0.717, 1.165) is 0 Å². The maximum absolute atomic E-state index is 11.7. The van der Waals surface area contributed by atoms with E-state index >= 15 is 0 Å². The Hall–Kier alpha value is -0.110. The monoisotopic (exact) mass is 117 g/mol. The van der Waals surface area contributed by atoms with Gasteiger partial charge in [-0.2, -0.15) is 0 Å². The molecule has 0 heterocycles. The molecule has 1 rings (SSSR count). The first-order chi connectivity index (χ1) is 3.83. The predicted molar refractivity (Wildman–Crippen MR) is 31.6 cm³/mol. The Labute approximate surface area is 49.3 Å². The van der Waals surface area contributed by atoms with Gasteiger partial charge in [-0.15, -0.1) is 0 Å². The van der Waals surface area contributed by atoms with Gasteiger partial charge in [-0.3, -0.25) is 0 Å². The number of nitrogens with one attached hydrogen (secondary N) is 1. The lowest BCUT2D eigenvalue weighted by Crippen LogP contribution is -2.29. The molecule has 0 aliphatic heterocycles. The van der Waals surface area contributed by atoms with Gasteiger partial charge in [0, 0.05) is 12.1 Å². The molecular formula is C6H12FN. The summed E-state index contributed by atoms with van der Waals surface area (Å²) >= 11 is 0. The molecule has 0 aromatic rings. The Morgan fingerprint density at radius 1 is 1.75 bits per heavy atom. The van der Waals surface area contributed by atoms with Crippen LogP contribution in [0, 0.1) is 0 Å². The van der Waals surface area contributed by atoms with Gasteiger partial charge in [0.1, 0.15) is 6.67 Å². The molecule has 0 aromatic carbocycles. The fourth-order valence-corrected chi connectivity index (χ4v) is 0.697. The normalized spacial score (nSPS) is 23.2. The molecule has 8 heavy (non-hydrogen) atoms. The number of rotatable bonds is 3. The molecule has 1 nitrogen and oxygen atoms in total. The summed E-state index contributed by atoms with van der Waals surface area (Å²) in [6, 6.07) is 0.711. The Bertz CT molecular complexity index is 70.9. The summed E-state index contributed by atoms with van der Waals surface area (Å²) in [5.74, 6) is 0. The highest BCUT2D eigenvalue weighted by molar-refractivity contribution is 4.82. The van der Waals surface area contributed by atoms with Gasteiger partial charge < -0.3 is 5.32 Å². The van der Waals surface area contributed by atoms with Crippen LogP contribution in [0.25, 0.3) is 0 Å². The molecule has 1 saturated carbocycles. The minimum Gasteiger partial charge on any atom is -0.309 e. The van der Waals surface area contributed by atoms with E-state index in [4.69, 9.17) is 0 Å². The summed E-state index contributed by atoms with van der Waals surface area (Å²) in [5, 5.41) is 3.13. The zero-order valence-electron chi connectivity index (χ0n) is 5.15. The van der Waals surface area contributed by atoms with Gasteiger partial charge in [0.2, 0.25) is 0 Å². The van der Waals surface area contributed by atoms with Crippen LogP contribution in [0.15, 0.2) is 0 Å². The van der Waals surface area contributed by atoms with E-state index in [0.29, 0.717) is 6.04 Å². The molecule has 2 heteroatoms. The Balaban J connectivity index is 1.98. The van der Waals surface area contributed by atoms with Crippen molar-refractivity contribution in [3.63, 3.8) is 0 Å². The van der Waals surface area contributed by atoms with Crippen molar-refractivity contribution in [3.8, 4) is 0 Å². The van der Waals surface area contributed by atoms with E-state index in [1.54, 1.807) is 0 Å². The molecule has 0 spiro atoms. The van der Waals surface area contributed by atoms with Crippen LogP contribution in [0.4, 0.5) is 4.39 Å². The lowest BCUT2D eigenvalue weighted by Gasteiger charge is -2.05. The van der Waals surface area contributed by atoms with Gasteiger partial charge in [0.15, 0.2) is 0 Å². The largest absolute Gasteiger partial charge is 0.309 e. The van der Waals surface area contributed by atoms with Crippen LogP contribution in [0.1, 0.15) is 19.8 Å². The first-order valence-corrected chi connectivity index (χ1v) is 3.15. The van der Waals surface area contributed by atoms with Crippen molar-refractivity contribution in [3.05, 3.63) is 0 Å². The zero-order chi connectivity index (χ0) is 5.98. The van der Waals surface area contributed by atoms with Crippen LogP contribution < -0.4 is 5.32 Å². The smallest absolute Gasteiger partial charge is 0.104 e. The van der Waals surface area contributed by atoms with Crippen LogP contribution in [0.5, 0.6) is 0 Å². The van der Waals surface area contributed by atoms with Crippen LogP contribution in [-0.2, 0) is 0 Å². The molecule has 0 aromatic heterocycles. The van der Waals surface area contributed by atoms with Gasteiger partial charge in [0.05, 0.1) is 0 Å². The summed E-state index contributed by atoms with van der Waals surface area (Å²) in [6.07, 6.45) is 2.48. The van der Waals surface area contributed by atoms with E-state index in [-0.39, 0.29) is 12.7 Å². The van der Waals surface area contributed by atoms with E-state index < -0.39 is 0 Å². The van der Waals surface area contributed by atoms with Gasteiger partial charge in [-0.1, -0.05) is 0 Å². The summed E-state index contributed by atoms with van der Waals surface area (Å²) < 4.78 is 11.7. The third kappa shape index (κ3) is 1.78. The second-order valence-corrected chi connectivity index (χ2v) is 2.50. The first kappa shape index (κ1) is 6.02. The predicted octanol–water partition coefficient (Wildman–Crippen LogP) is 1.10. The number of hydrogen-bond acceptors (Lipinski definition) is 1. The standard InChI is InChI=1S/C6H12FN/c1-5(4-7)8-6-2-3-6/h5-6,8H,2-4H2,1H3. The molecular weight excluding hydrogens is 105 g/mol. The second kappa shape index (κ2) is 2.44. The SMILES string of the molecule is CC(CF)NC1CC1. The minimum absolute atomic E-state index is 0.0718. The molecule has 0 amide bonds. The molecule has 1 atom stereocenters. The second-order valence-electron chi connectivity index (χ2n) is 2.50. The summed E-state index contributed by atoms with van der Waals surface area (Å²) in [5.41, 5.74) is 0. The summed E-state index contributed by atoms with van der Waals surface area (Å²) in [6.45, 7) is 1.63. The maximum Gasteiger partial charge on any atom is 0.104 e. The van der Waals surface area contributed by atoms with Crippen molar-refractivity contribution in [1.82, 2.24) is 5.32 Å². The van der Waals surface area contributed by atoms with Crippen molar-refractivity contribution in [2.75, 3.05) is 6.67 Å². The van der Waals surface area contributed by atoms with Crippen LogP contribution in [0.3, 0.4) is 0 Å².